The fourth-order valence-electron chi connectivity index (χ4n) is 2.43. The predicted octanol–water partition coefficient (Wildman–Crippen LogP) is 3.73. The van der Waals surface area contributed by atoms with Crippen LogP contribution in [0.1, 0.15) is 25.1 Å². The van der Waals surface area contributed by atoms with Gasteiger partial charge in [0.1, 0.15) is 15.2 Å². The second-order valence-corrected chi connectivity index (χ2v) is 7.95. The van der Waals surface area contributed by atoms with Crippen molar-refractivity contribution in [1.29, 1.82) is 0 Å². The summed E-state index contributed by atoms with van der Waals surface area (Å²) in [4.78, 5) is 22.6. The highest BCUT2D eigenvalue weighted by Crippen LogP contribution is 2.27. The van der Waals surface area contributed by atoms with Gasteiger partial charge in [0.15, 0.2) is 5.13 Å². The van der Waals surface area contributed by atoms with E-state index in [1.54, 1.807) is 20.2 Å². The van der Waals surface area contributed by atoms with Crippen LogP contribution in [-0.4, -0.2) is 27.1 Å². The number of amides is 1. The maximum absolute atomic E-state index is 12.5. The van der Waals surface area contributed by atoms with Crippen LogP contribution in [0.25, 0.3) is 11.3 Å². The summed E-state index contributed by atoms with van der Waals surface area (Å²) in [5.74, 6) is -0.0984. The summed E-state index contributed by atoms with van der Waals surface area (Å²) in [5, 5.41) is 5.92. The molecule has 0 bridgehead atoms. The fourth-order valence-corrected chi connectivity index (χ4v) is 4.09. The molecule has 3 rings (SSSR count). The van der Waals surface area contributed by atoms with Crippen molar-refractivity contribution in [3.8, 4) is 11.3 Å². The molecule has 1 atom stereocenters. The van der Waals surface area contributed by atoms with Crippen molar-refractivity contribution >= 4 is 33.4 Å². The van der Waals surface area contributed by atoms with Crippen LogP contribution in [0.15, 0.2) is 52.9 Å². The van der Waals surface area contributed by atoms with E-state index in [-0.39, 0.29) is 12.3 Å². The molecule has 0 saturated heterocycles. The zero-order chi connectivity index (χ0) is 20.7. The lowest BCUT2D eigenvalue weighted by atomic mass is 10.1. The van der Waals surface area contributed by atoms with Gasteiger partial charge in [-0.25, -0.2) is 14.3 Å². The lowest BCUT2D eigenvalue weighted by Crippen LogP contribution is -2.27. The van der Waals surface area contributed by atoms with Gasteiger partial charge in [-0.1, -0.05) is 55.5 Å². The van der Waals surface area contributed by atoms with E-state index in [2.05, 4.69) is 9.97 Å². The summed E-state index contributed by atoms with van der Waals surface area (Å²) in [6, 6.07) is 13.5. The van der Waals surface area contributed by atoms with E-state index < -0.39 is 11.0 Å². The number of nitrogens with two attached hydrogens (primary N) is 1. The predicted molar refractivity (Wildman–Crippen MR) is 116 cm³/mol. The Bertz CT molecular complexity index is 941. The molecule has 28 heavy (non-hydrogen) atoms. The molecular weight excluding hydrogens is 392 g/mol. The number of pyridine rings is 1. The van der Waals surface area contributed by atoms with E-state index in [1.165, 1.54) is 16.2 Å². The Hall–Kier alpha value is -2.42. The first kappa shape index (κ1) is 21.9. The van der Waals surface area contributed by atoms with Gasteiger partial charge in [0.05, 0.1) is 17.8 Å². The second-order valence-electron chi connectivity index (χ2n) is 5.71. The summed E-state index contributed by atoms with van der Waals surface area (Å²) in [6.45, 7) is 5.73. The van der Waals surface area contributed by atoms with Crippen LogP contribution in [0.2, 0.25) is 0 Å². The number of likely N-dealkylation sites (N-methyl/N-ethyl adjacent to an activating group) is 1. The number of aryl methyl sites for hydroxylation is 1. The molecule has 0 aliphatic rings. The molecule has 1 aromatic carbocycles. The minimum Gasteiger partial charge on any atom is -0.291 e. The molecule has 1 unspecified atom stereocenters. The molecule has 0 radical (unpaired) electrons. The van der Waals surface area contributed by atoms with Gasteiger partial charge in [-0.05, 0) is 24.6 Å². The number of aromatic nitrogens is 2. The third-order valence-corrected chi connectivity index (χ3v) is 6.29. The molecule has 6 nitrogen and oxygen atoms in total. The highest BCUT2D eigenvalue weighted by atomic mass is 32.2. The van der Waals surface area contributed by atoms with E-state index in [1.807, 2.05) is 56.3 Å². The minimum absolute atomic E-state index is 0.0984. The Kier molecular flexibility index (Phi) is 7.98. The van der Waals surface area contributed by atoms with Crippen molar-refractivity contribution in [2.75, 3.05) is 11.9 Å². The van der Waals surface area contributed by atoms with Crippen LogP contribution in [-0.2, 0) is 22.2 Å². The summed E-state index contributed by atoms with van der Waals surface area (Å²) < 4.78 is 11.9. The zero-order valence-corrected chi connectivity index (χ0v) is 18.0. The lowest BCUT2D eigenvalue weighted by Gasteiger charge is -2.13. The molecule has 2 heterocycles. The average Bonchev–Trinajstić information content (AvgIpc) is 3.12. The third-order valence-electron chi connectivity index (χ3n) is 3.86. The van der Waals surface area contributed by atoms with Gasteiger partial charge in [0.25, 0.3) is 0 Å². The summed E-state index contributed by atoms with van der Waals surface area (Å²) in [6.07, 6.45) is 2.00. The number of carbonyl (C=O) groups excluding carboxylic acids is 1. The molecule has 2 aromatic heterocycles. The summed E-state index contributed by atoms with van der Waals surface area (Å²) in [5.41, 5.74) is 3.38. The number of nitrogens with zero attached hydrogens (tertiary/aromatic N) is 3. The first-order valence-electron chi connectivity index (χ1n) is 8.86. The van der Waals surface area contributed by atoms with Gasteiger partial charge in [-0.15, -0.1) is 0 Å². The number of hydrogen-bond acceptors (Lipinski definition) is 5. The van der Waals surface area contributed by atoms with E-state index in [0.717, 1.165) is 16.8 Å². The van der Waals surface area contributed by atoms with Gasteiger partial charge >= 0.3 is 0 Å². The van der Waals surface area contributed by atoms with Gasteiger partial charge in [-0.2, -0.15) is 0 Å². The fraction of sp³-hybridized carbons (Fsp3) is 0.250. The number of anilines is 1. The zero-order valence-electron chi connectivity index (χ0n) is 16.4. The molecular formula is C20H24N4O2S2. The van der Waals surface area contributed by atoms with Crippen LogP contribution >= 0.6 is 11.3 Å². The van der Waals surface area contributed by atoms with Gasteiger partial charge in [0.2, 0.25) is 5.91 Å². The van der Waals surface area contributed by atoms with Crippen molar-refractivity contribution in [2.45, 2.75) is 31.4 Å². The van der Waals surface area contributed by atoms with Crippen LogP contribution in [0.4, 0.5) is 5.13 Å². The van der Waals surface area contributed by atoms with Crippen LogP contribution < -0.4 is 10.0 Å². The van der Waals surface area contributed by atoms with E-state index in [4.69, 9.17) is 5.14 Å². The van der Waals surface area contributed by atoms with Crippen molar-refractivity contribution in [3.05, 3.63) is 59.9 Å². The minimum atomic E-state index is -1.60. The van der Waals surface area contributed by atoms with Crippen molar-refractivity contribution in [1.82, 2.24) is 9.97 Å². The van der Waals surface area contributed by atoms with Crippen molar-refractivity contribution in [2.24, 2.45) is 5.14 Å². The number of hydrogen-bond donors (Lipinski definition) is 1. The highest BCUT2D eigenvalue weighted by molar-refractivity contribution is 7.85. The maximum Gasteiger partial charge on any atom is 0.232 e. The summed E-state index contributed by atoms with van der Waals surface area (Å²) >= 11 is 1.17. The second kappa shape index (κ2) is 10.2. The first-order valence-corrected chi connectivity index (χ1v) is 10.9. The maximum atomic E-state index is 12.5. The first-order chi connectivity index (χ1) is 13.5. The Morgan fingerprint density at radius 3 is 2.39 bits per heavy atom. The molecule has 2 N–H and O–H groups in total. The van der Waals surface area contributed by atoms with Gasteiger partial charge in [0, 0.05) is 18.8 Å². The molecule has 0 saturated carbocycles. The summed E-state index contributed by atoms with van der Waals surface area (Å²) in [7, 11) is 0.0626. The molecule has 0 fully saturated rings. The van der Waals surface area contributed by atoms with Crippen molar-refractivity contribution < 1.29 is 9.00 Å². The van der Waals surface area contributed by atoms with E-state index >= 15 is 0 Å². The Labute approximate surface area is 172 Å². The Morgan fingerprint density at radius 2 is 1.86 bits per heavy atom. The molecule has 8 heteroatoms. The van der Waals surface area contributed by atoms with Crippen molar-refractivity contribution in [3.63, 3.8) is 0 Å². The standard InChI is InChI=1S/C18H18N4O2S2.C2H6/c1-12-17(26(19)24)25-18(21-12)22(2)16(23)11-13-6-8-14(9-7-13)15-5-3-4-10-20-15;1-2/h3-10H,11,19H2,1-2H3;1-2H3. The smallest absolute Gasteiger partial charge is 0.232 e. The lowest BCUT2D eigenvalue weighted by molar-refractivity contribution is -0.117. The molecule has 0 spiro atoms. The monoisotopic (exact) mass is 416 g/mol. The van der Waals surface area contributed by atoms with E-state index in [0.29, 0.717) is 15.0 Å². The van der Waals surface area contributed by atoms with Gasteiger partial charge < -0.3 is 0 Å². The highest BCUT2D eigenvalue weighted by Gasteiger charge is 2.19. The topological polar surface area (TPSA) is 89.2 Å². The van der Waals surface area contributed by atoms with Crippen LogP contribution in [0.3, 0.4) is 0 Å². The normalized spacial score (nSPS) is 11.3. The van der Waals surface area contributed by atoms with E-state index in [9.17, 15) is 9.00 Å². The third kappa shape index (κ3) is 5.31. The molecule has 0 aliphatic carbocycles. The molecule has 0 aliphatic heterocycles. The average molecular weight is 417 g/mol. The largest absolute Gasteiger partial charge is 0.291 e. The number of carbonyl (C=O) groups is 1. The number of rotatable bonds is 5. The molecule has 1 amide bonds. The quantitative estimate of drug-likeness (QED) is 0.686. The Morgan fingerprint density at radius 1 is 1.18 bits per heavy atom. The molecule has 3 aromatic rings. The SMILES string of the molecule is CC.Cc1nc(N(C)C(=O)Cc2ccc(-c3ccccn3)cc2)sc1S(N)=O. The number of thiazole rings is 1. The van der Waals surface area contributed by atoms with Crippen LogP contribution in [0, 0.1) is 6.92 Å². The number of benzene rings is 1. The van der Waals surface area contributed by atoms with Gasteiger partial charge in [-0.3, -0.25) is 14.7 Å². The molecule has 148 valence electrons. The Balaban J connectivity index is 0.00000136. The van der Waals surface area contributed by atoms with Crippen LogP contribution in [0.5, 0.6) is 0 Å².